The van der Waals surface area contributed by atoms with Crippen LogP contribution in [0.5, 0.6) is 11.5 Å². The fraction of sp³-hybridized carbons (Fsp3) is 0.208. The Balaban J connectivity index is 1.71. The van der Waals surface area contributed by atoms with E-state index >= 15 is 0 Å². The zero-order valence-electron chi connectivity index (χ0n) is 16.7. The quantitative estimate of drug-likeness (QED) is 0.269. The third kappa shape index (κ3) is 4.09. The Bertz CT molecular complexity index is 1280. The Morgan fingerprint density at radius 1 is 0.833 bits per heavy atom. The van der Waals surface area contributed by atoms with Crippen LogP contribution in [0.4, 0.5) is 0 Å². The van der Waals surface area contributed by atoms with E-state index in [0.717, 1.165) is 30.0 Å². The van der Waals surface area contributed by atoms with Gasteiger partial charge in [-0.1, -0.05) is 62.2 Å². The Morgan fingerprint density at radius 3 is 2.47 bits per heavy atom. The second kappa shape index (κ2) is 8.71. The van der Waals surface area contributed by atoms with Crippen molar-refractivity contribution in [1.82, 2.24) is 4.98 Å². The summed E-state index contributed by atoms with van der Waals surface area (Å²) in [6.45, 7) is 2.74. The van der Waals surface area contributed by atoms with Gasteiger partial charge in [-0.25, -0.2) is 0 Å². The summed E-state index contributed by atoms with van der Waals surface area (Å²) in [7, 11) is -4.07. The van der Waals surface area contributed by atoms with Gasteiger partial charge in [0.05, 0.1) is 6.61 Å². The van der Waals surface area contributed by atoms with E-state index in [1.165, 1.54) is 0 Å². The lowest BCUT2D eigenvalue weighted by atomic mass is 10.1. The summed E-state index contributed by atoms with van der Waals surface area (Å²) >= 11 is 0. The molecule has 0 saturated carbocycles. The van der Waals surface area contributed by atoms with Crippen molar-refractivity contribution in [2.24, 2.45) is 0 Å². The van der Waals surface area contributed by atoms with Crippen LogP contribution in [0.15, 0.2) is 77.8 Å². The van der Waals surface area contributed by atoms with Crippen molar-refractivity contribution < 1.29 is 17.3 Å². The molecular weight excluding hydrogens is 398 g/mol. The van der Waals surface area contributed by atoms with E-state index in [9.17, 15) is 8.42 Å². The maximum Gasteiger partial charge on any atom is 0.339 e. The fourth-order valence-electron chi connectivity index (χ4n) is 3.43. The number of nitrogens with zero attached hydrogens (tertiary/aromatic N) is 1. The predicted octanol–water partition coefficient (Wildman–Crippen LogP) is 5.72. The lowest BCUT2D eigenvalue weighted by molar-refractivity contribution is 0.309. The molecule has 5 nitrogen and oxygen atoms in total. The minimum Gasteiger partial charge on any atom is -0.493 e. The second-order valence-electron chi connectivity index (χ2n) is 7.03. The summed E-state index contributed by atoms with van der Waals surface area (Å²) in [6.07, 6.45) is 4.78. The van der Waals surface area contributed by atoms with Crippen molar-refractivity contribution in [1.29, 1.82) is 0 Å². The molecule has 3 aromatic carbocycles. The first-order chi connectivity index (χ1) is 14.6. The number of fused-ring (bicyclic) bond motifs is 2. The molecule has 1 heterocycles. The summed E-state index contributed by atoms with van der Waals surface area (Å²) in [5.74, 6) is 0.879. The van der Waals surface area contributed by atoms with Crippen molar-refractivity contribution >= 4 is 31.8 Å². The van der Waals surface area contributed by atoms with E-state index in [4.69, 9.17) is 8.92 Å². The standard InChI is InChI=1S/C24H23NO4S/c1-2-3-6-17-28-21-14-15-23(20-12-5-4-11-19(20)21)30(26,27)29-22-13-7-9-18-10-8-16-25-24(18)22/h4-5,7-16H,2-3,6,17H2,1H3. The van der Waals surface area contributed by atoms with Crippen LogP contribution in [-0.2, 0) is 10.1 Å². The molecular formula is C24H23NO4S. The van der Waals surface area contributed by atoms with Crippen LogP contribution in [-0.4, -0.2) is 20.0 Å². The molecule has 0 spiro atoms. The van der Waals surface area contributed by atoms with Gasteiger partial charge in [0.25, 0.3) is 0 Å². The lowest BCUT2D eigenvalue weighted by Crippen LogP contribution is -2.11. The van der Waals surface area contributed by atoms with E-state index in [-0.39, 0.29) is 10.6 Å². The van der Waals surface area contributed by atoms with Gasteiger partial charge in [-0.3, -0.25) is 4.98 Å². The lowest BCUT2D eigenvalue weighted by Gasteiger charge is -2.14. The highest BCUT2D eigenvalue weighted by atomic mass is 32.2. The summed E-state index contributed by atoms with van der Waals surface area (Å²) in [5.41, 5.74) is 0.503. The molecule has 4 rings (SSSR count). The van der Waals surface area contributed by atoms with E-state index < -0.39 is 10.1 Å². The number of hydrogen-bond donors (Lipinski definition) is 0. The molecule has 0 amide bonds. The van der Waals surface area contributed by atoms with Gasteiger partial charge in [-0.05, 0) is 30.7 Å². The number of unbranched alkanes of at least 4 members (excludes halogenated alkanes) is 2. The normalized spacial score (nSPS) is 11.6. The largest absolute Gasteiger partial charge is 0.493 e. The molecule has 4 aromatic rings. The number of aromatic nitrogens is 1. The summed E-state index contributed by atoms with van der Waals surface area (Å²) in [4.78, 5) is 4.38. The van der Waals surface area contributed by atoms with E-state index in [0.29, 0.717) is 23.3 Å². The van der Waals surface area contributed by atoms with E-state index in [1.807, 2.05) is 30.3 Å². The molecule has 154 valence electrons. The third-order valence-electron chi connectivity index (χ3n) is 4.91. The smallest absolute Gasteiger partial charge is 0.339 e. The Kier molecular flexibility index (Phi) is 5.86. The number of rotatable bonds is 8. The molecule has 0 unspecified atom stereocenters. The molecule has 0 fully saturated rings. The molecule has 0 N–H and O–H groups in total. The molecule has 1 aromatic heterocycles. The van der Waals surface area contributed by atoms with Crippen molar-refractivity contribution in [3.63, 3.8) is 0 Å². The third-order valence-corrected chi connectivity index (χ3v) is 6.21. The Hall–Kier alpha value is -3.12. The molecule has 0 aliphatic carbocycles. The molecule has 0 aliphatic rings. The number of ether oxygens (including phenoxy) is 1. The van der Waals surface area contributed by atoms with Gasteiger partial charge in [0.2, 0.25) is 0 Å². The second-order valence-corrected chi connectivity index (χ2v) is 8.55. The molecule has 0 aliphatic heterocycles. The SMILES string of the molecule is CCCCCOc1ccc(S(=O)(=O)Oc2cccc3cccnc23)c2ccccc12. The summed E-state index contributed by atoms with van der Waals surface area (Å²) in [6, 6.07) is 19.4. The molecule has 0 atom stereocenters. The van der Waals surface area contributed by atoms with Crippen molar-refractivity contribution in [2.75, 3.05) is 6.61 Å². The molecule has 6 heteroatoms. The summed E-state index contributed by atoms with van der Waals surface area (Å²) < 4.78 is 37.8. The maximum atomic E-state index is 13.2. The van der Waals surface area contributed by atoms with Crippen LogP contribution in [0.25, 0.3) is 21.7 Å². The molecule has 0 bridgehead atoms. The van der Waals surface area contributed by atoms with Gasteiger partial charge < -0.3 is 8.92 Å². The van der Waals surface area contributed by atoms with Gasteiger partial charge in [0, 0.05) is 22.4 Å². The van der Waals surface area contributed by atoms with Crippen molar-refractivity contribution in [3.05, 3.63) is 72.9 Å². The number of para-hydroxylation sites is 1. The number of benzene rings is 3. The van der Waals surface area contributed by atoms with Crippen LogP contribution < -0.4 is 8.92 Å². The number of pyridine rings is 1. The number of hydrogen-bond acceptors (Lipinski definition) is 5. The van der Waals surface area contributed by atoms with Gasteiger partial charge in [0.15, 0.2) is 5.75 Å². The fourth-order valence-corrected chi connectivity index (χ4v) is 4.57. The van der Waals surface area contributed by atoms with Crippen LogP contribution in [0.3, 0.4) is 0 Å². The van der Waals surface area contributed by atoms with E-state index in [2.05, 4.69) is 11.9 Å². The maximum absolute atomic E-state index is 13.2. The minimum atomic E-state index is -4.07. The first-order valence-electron chi connectivity index (χ1n) is 10.0. The van der Waals surface area contributed by atoms with Gasteiger partial charge in [0.1, 0.15) is 16.2 Å². The minimum absolute atomic E-state index is 0.104. The Morgan fingerprint density at radius 2 is 1.63 bits per heavy atom. The van der Waals surface area contributed by atoms with E-state index in [1.54, 1.807) is 42.6 Å². The molecule has 0 saturated heterocycles. The highest BCUT2D eigenvalue weighted by Gasteiger charge is 2.22. The summed E-state index contributed by atoms with van der Waals surface area (Å²) in [5, 5.41) is 2.12. The average Bonchev–Trinajstić information content (AvgIpc) is 2.76. The Labute approximate surface area is 176 Å². The van der Waals surface area contributed by atoms with Crippen LogP contribution in [0.1, 0.15) is 26.2 Å². The molecule has 30 heavy (non-hydrogen) atoms. The molecule has 0 radical (unpaired) electrons. The van der Waals surface area contributed by atoms with Crippen molar-refractivity contribution in [3.8, 4) is 11.5 Å². The topological polar surface area (TPSA) is 65.5 Å². The first kappa shape index (κ1) is 20.2. The van der Waals surface area contributed by atoms with Crippen LogP contribution in [0.2, 0.25) is 0 Å². The van der Waals surface area contributed by atoms with Crippen LogP contribution in [0, 0.1) is 0 Å². The highest BCUT2D eigenvalue weighted by molar-refractivity contribution is 7.87. The average molecular weight is 422 g/mol. The first-order valence-corrected chi connectivity index (χ1v) is 11.4. The zero-order valence-corrected chi connectivity index (χ0v) is 17.6. The van der Waals surface area contributed by atoms with Gasteiger partial charge in [-0.15, -0.1) is 0 Å². The monoisotopic (exact) mass is 421 g/mol. The van der Waals surface area contributed by atoms with Gasteiger partial charge >= 0.3 is 10.1 Å². The highest BCUT2D eigenvalue weighted by Crippen LogP contribution is 2.33. The zero-order chi connectivity index (χ0) is 21.0. The van der Waals surface area contributed by atoms with Crippen LogP contribution >= 0.6 is 0 Å². The predicted molar refractivity (Wildman–Crippen MR) is 119 cm³/mol. The van der Waals surface area contributed by atoms with Crippen molar-refractivity contribution in [2.45, 2.75) is 31.1 Å². The van der Waals surface area contributed by atoms with Gasteiger partial charge in [-0.2, -0.15) is 8.42 Å².